The number of imidazole rings is 1. The molecule has 0 radical (unpaired) electrons. The third-order valence-electron chi connectivity index (χ3n) is 2.76. The van der Waals surface area contributed by atoms with Gasteiger partial charge in [-0.3, -0.25) is 4.57 Å². The zero-order valence-corrected chi connectivity index (χ0v) is 10.1. The van der Waals surface area contributed by atoms with E-state index in [-0.39, 0.29) is 5.69 Å². The molecule has 17 heavy (non-hydrogen) atoms. The van der Waals surface area contributed by atoms with Crippen molar-refractivity contribution in [3.63, 3.8) is 0 Å². The van der Waals surface area contributed by atoms with Crippen molar-refractivity contribution in [2.45, 2.75) is 20.8 Å². The average Bonchev–Trinajstić information content (AvgIpc) is 2.60. The maximum absolute atomic E-state index is 11.2. The molecule has 0 saturated carbocycles. The Morgan fingerprint density at radius 1 is 1.29 bits per heavy atom. The highest BCUT2D eigenvalue weighted by molar-refractivity contribution is 5.87. The number of benzene rings is 1. The van der Waals surface area contributed by atoms with Gasteiger partial charge in [-0.2, -0.15) is 0 Å². The molecule has 4 heteroatoms. The molecule has 0 atom stereocenters. The van der Waals surface area contributed by atoms with Crippen molar-refractivity contribution in [2.24, 2.45) is 0 Å². The van der Waals surface area contributed by atoms with Crippen LogP contribution in [-0.4, -0.2) is 20.6 Å². The molecule has 0 fully saturated rings. The van der Waals surface area contributed by atoms with Gasteiger partial charge in [-0.25, -0.2) is 9.78 Å². The standard InChI is InChI=1S/C13H14N2O2/c1-8-4-5-11(9(2)6-8)15-7-14-10(3)12(15)13(16)17/h4-7H,1-3H3,(H,16,17). The van der Waals surface area contributed by atoms with Crippen LogP contribution in [0, 0.1) is 20.8 Å². The molecule has 2 aromatic rings. The molecule has 0 aliphatic heterocycles. The maximum atomic E-state index is 11.2. The number of carbonyl (C=O) groups is 1. The van der Waals surface area contributed by atoms with E-state index in [9.17, 15) is 9.90 Å². The van der Waals surface area contributed by atoms with Crippen LogP contribution in [0.4, 0.5) is 0 Å². The number of rotatable bonds is 2. The molecule has 2 rings (SSSR count). The molecule has 1 aromatic carbocycles. The van der Waals surface area contributed by atoms with Gasteiger partial charge in [0.2, 0.25) is 0 Å². The Hall–Kier alpha value is -2.10. The lowest BCUT2D eigenvalue weighted by atomic mass is 10.1. The molecule has 0 spiro atoms. The van der Waals surface area contributed by atoms with Crippen molar-refractivity contribution >= 4 is 5.97 Å². The van der Waals surface area contributed by atoms with Crippen LogP contribution in [0.25, 0.3) is 5.69 Å². The van der Waals surface area contributed by atoms with Crippen LogP contribution in [-0.2, 0) is 0 Å². The minimum atomic E-state index is -0.958. The lowest BCUT2D eigenvalue weighted by Gasteiger charge is -2.09. The second-order valence-corrected chi connectivity index (χ2v) is 4.14. The molecule has 0 unspecified atom stereocenters. The van der Waals surface area contributed by atoms with Gasteiger partial charge in [0, 0.05) is 0 Å². The summed E-state index contributed by atoms with van der Waals surface area (Å²) in [4.78, 5) is 15.3. The van der Waals surface area contributed by atoms with E-state index in [0.29, 0.717) is 5.69 Å². The molecule has 1 aromatic heterocycles. The predicted octanol–water partition coefficient (Wildman–Crippen LogP) is 2.50. The van der Waals surface area contributed by atoms with Gasteiger partial charge < -0.3 is 5.11 Å². The zero-order valence-electron chi connectivity index (χ0n) is 10.1. The van der Waals surface area contributed by atoms with Gasteiger partial charge in [0.1, 0.15) is 6.33 Å². The summed E-state index contributed by atoms with van der Waals surface area (Å²) in [6.07, 6.45) is 1.55. The van der Waals surface area contributed by atoms with Crippen molar-refractivity contribution in [3.8, 4) is 5.69 Å². The van der Waals surface area contributed by atoms with Gasteiger partial charge in [0.25, 0.3) is 0 Å². The molecular weight excluding hydrogens is 216 g/mol. The third kappa shape index (κ3) is 1.93. The van der Waals surface area contributed by atoms with Crippen LogP contribution in [0.1, 0.15) is 27.3 Å². The van der Waals surface area contributed by atoms with E-state index in [1.165, 1.54) is 0 Å². The Morgan fingerprint density at radius 2 is 2.00 bits per heavy atom. The number of hydrogen-bond donors (Lipinski definition) is 1. The topological polar surface area (TPSA) is 55.1 Å². The number of hydrogen-bond acceptors (Lipinski definition) is 2. The number of nitrogens with zero attached hydrogens (tertiary/aromatic N) is 2. The number of carboxylic acid groups (broad SMARTS) is 1. The van der Waals surface area contributed by atoms with E-state index in [2.05, 4.69) is 4.98 Å². The normalized spacial score (nSPS) is 10.5. The molecule has 0 saturated heterocycles. The zero-order chi connectivity index (χ0) is 12.6. The van der Waals surface area contributed by atoms with Gasteiger partial charge in [0.15, 0.2) is 5.69 Å². The van der Waals surface area contributed by atoms with E-state index in [0.717, 1.165) is 16.8 Å². The fourth-order valence-corrected chi connectivity index (χ4v) is 1.95. The SMILES string of the molecule is Cc1ccc(-n2cnc(C)c2C(=O)O)c(C)c1. The van der Waals surface area contributed by atoms with E-state index >= 15 is 0 Å². The summed E-state index contributed by atoms with van der Waals surface area (Å²) in [6.45, 7) is 5.67. The first-order valence-electron chi connectivity index (χ1n) is 5.35. The Balaban J connectivity index is 2.65. The van der Waals surface area contributed by atoms with Gasteiger partial charge in [-0.15, -0.1) is 0 Å². The predicted molar refractivity (Wildman–Crippen MR) is 64.7 cm³/mol. The highest BCUT2D eigenvalue weighted by Crippen LogP contribution is 2.19. The molecule has 0 aliphatic rings. The number of carboxylic acids is 1. The number of aromatic carboxylic acids is 1. The molecule has 4 nitrogen and oxygen atoms in total. The first-order chi connectivity index (χ1) is 8.00. The Bertz CT molecular complexity index is 585. The summed E-state index contributed by atoms with van der Waals surface area (Å²) in [5.74, 6) is -0.958. The Kier molecular flexibility index (Phi) is 2.71. The second kappa shape index (κ2) is 4.05. The largest absolute Gasteiger partial charge is 0.477 e. The third-order valence-corrected chi connectivity index (χ3v) is 2.76. The Morgan fingerprint density at radius 3 is 2.59 bits per heavy atom. The van der Waals surface area contributed by atoms with Gasteiger partial charge in [0.05, 0.1) is 11.4 Å². The summed E-state index contributed by atoms with van der Waals surface area (Å²) in [7, 11) is 0. The van der Waals surface area contributed by atoms with Crippen molar-refractivity contribution in [1.82, 2.24) is 9.55 Å². The molecule has 0 amide bonds. The summed E-state index contributed by atoms with van der Waals surface area (Å²) in [5.41, 5.74) is 3.79. The summed E-state index contributed by atoms with van der Waals surface area (Å²) in [5, 5.41) is 9.18. The summed E-state index contributed by atoms with van der Waals surface area (Å²) < 4.78 is 1.62. The van der Waals surface area contributed by atoms with Gasteiger partial charge >= 0.3 is 5.97 Å². The van der Waals surface area contributed by atoms with E-state index in [1.54, 1.807) is 17.8 Å². The van der Waals surface area contributed by atoms with Crippen molar-refractivity contribution < 1.29 is 9.90 Å². The van der Waals surface area contributed by atoms with Gasteiger partial charge in [-0.05, 0) is 32.4 Å². The quantitative estimate of drug-likeness (QED) is 0.862. The molecule has 0 bridgehead atoms. The van der Waals surface area contributed by atoms with Crippen LogP contribution < -0.4 is 0 Å². The molecule has 0 aliphatic carbocycles. The highest BCUT2D eigenvalue weighted by atomic mass is 16.4. The maximum Gasteiger partial charge on any atom is 0.354 e. The summed E-state index contributed by atoms with van der Waals surface area (Å²) in [6, 6.07) is 5.90. The minimum Gasteiger partial charge on any atom is -0.477 e. The van der Waals surface area contributed by atoms with Crippen LogP contribution >= 0.6 is 0 Å². The summed E-state index contributed by atoms with van der Waals surface area (Å²) >= 11 is 0. The second-order valence-electron chi connectivity index (χ2n) is 4.14. The van der Waals surface area contributed by atoms with Crippen molar-refractivity contribution in [3.05, 3.63) is 47.0 Å². The molecule has 1 N–H and O–H groups in total. The lowest BCUT2D eigenvalue weighted by Crippen LogP contribution is -2.08. The molecule has 1 heterocycles. The number of aromatic nitrogens is 2. The monoisotopic (exact) mass is 230 g/mol. The van der Waals surface area contributed by atoms with Crippen LogP contribution in [0.3, 0.4) is 0 Å². The highest BCUT2D eigenvalue weighted by Gasteiger charge is 2.16. The van der Waals surface area contributed by atoms with E-state index in [4.69, 9.17) is 0 Å². The fraction of sp³-hybridized carbons (Fsp3) is 0.231. The first kappa shape index (κ1) is 11.4. The van der Waals surface area contributed by atoms with Crippen LogP contribution in [0.5, 0.6) is 0 Å². The average molecular weight is 230 g/mol. The van der Waals surface area contributed by atoms with Crippen LogP contribution in [0.2, 0.25) is 0 Å². The first-order valence-corrected chi connectivity index (χ1v) is 5.35. The Labute approximate surface area is 99.5 Å². The number of aryl methyl sites for hydroxylation is 3. The van der Waals surface area contributed by atoms with Gasteiger partial charge in [-0.1, -0.05) is 17.7 Å². The van der Waals surface area contributed by atoms with E-state index in [1.807, 2.05) is 32.0 Å². The smallest absolute Gasteiger partial charge is 0.354 e. The van der Waals surface area contributed by atoms with E-state index < -0.39 is 5.97 Å². The fourth-order valence-electron chi connectivity index (χ4n) is 1.95. The van der Waals surface area contributed by atoms with Crippen molar-refractivity contribution in [2.75, 3.05) is 0 Å². The van der Waals surface area contributed by atoms with Crippen molar-refractivity contribution in [1.29, 1.82) is 0 Å². The van der Waals surface area contributed by atoms with Crippen LogP contribution in [0.15, 0.2) is 24.5 Å². The lowest BCUT2D eigenvalue weighted by molar-refractivity contribution is 0.0687. The molecule has 88 valence electrons. The molecular formula is C13H14N2O2. The minimum absolute atomic E-state index is 0.219.